The lowest BCUT2D eigenvalue weighted by molar-refractivity contribution is 0.669. The number of rotatable bonds is 6. The summed E-state index contributed by atoms with van der Waals surface area (Å²) < 4.78 is 20.3. The van der Waals surface area contributed by atoms with Crippen LogP contribution in [0.3, 0.4) is 0 Å². The highest BCUT2D eigenvalue weighted by atomic mass is 16.3. The van der Waals surface area contributed by atoms with Gasteiger partial charge in [0.15, 0.2) is 0 Å². The lowest BCUT2D eigenvalue weighted by atomic mass is 9.97. The summed E-state index contributed by atoms with van der Waals surface area (Å²) in [5, 5.41) is 6.29. The molecule has 4 heteroatoms. The van der Waals surface area contributed by atoms with Crippen LogP contribution in [0.15, 0.2) is 213 Å². The van der Waals surface area contributed by atoms with Crippen LogP contribution in [0.1, 0.15) is 0 Å². The van der Waals surface area contributed by atoms with Crippen molar-refractivity contribution >= 4 is 82.9 Å². The molecule has 58 heavy (non-hydrogen) atoms. The molecule has 0 aliphatic rings. The Morgan fingerprint density at radius 1 is 0.293 bits per heavy atom. The summed E-state index contributed by atoms with van der Waals surface area (Å²) in [6, 6.07) is 70.1. The molecule has 272 valence electrons. The first-order chi connectivity index (χ1) is 28.7. The zero-order valence-corrected chi connectivity index (χ0v) is 31.2. The molecule has 12 rings (SSSR count). The number of hydrogen-bond acceptors (Lipinski definition) is 4. The smallest absolute Gasteiger partial charge is 0.145 e. The molecule has 0 spiro atoms. The van der Waals surface area contributed by atoms with E-state index in [0.29, 0.717) is 0 Å². The van der Waals surface area contributed by atoms with E-state index < -0.39 is 0 Å². The van der Waals surface area contributed by atoms with Gasteiger partial charge in [0.05, 0.1) is 22.1 Å². The van der Waals surface area contributed by atoms with Gasteiger partial charge in [-0.15, -0.1) is 0 Å². The molecule has 0 saturated heterocycles. The maximum atomic E-state index is 7.04. The van der Waals surface area contributed by atoms with E-state index in [1.165, 1.54) is 0 Å². The predicted molar refractivity (Wildman–Crippen MR) is 239 cm³/mol. The molecule has 3 aromatic heterocycles. The Bertz CT molecular complexity index is 3500. The van der Waals surface area contributed by atoms with Crippen molar-refractivity contribution in [3.05, 3.63) is 200 Å². The van der Waals surface area contributed by atoms with E-state index in [0.717, 1.165) is 116 Å². The predicted octanol–water partition coefficient (Wildman–Crippen LogP) is 15.9. The minimum absolute atomic E-state index is 0.814. The van der Waals surface area contributed by atoms with Crippen LogP contribution >= 0.6 is 0 Å². The average Bonchev–Trinajstić information content (AvgIpc) is 3.98. The molecule has 0 N–H and O–H groups in total. The number of benzene rings is 9. The van der Waals surface area contributed by atoms with Gasteiger partial charge in [0.2, 0.25) is 0 Å². The van der Waals surface area contributed by atoms with Gasteiger partial charge in [-0.3, -0.25) is 0 Å². The van der Waals surface area contributed by atoms with Gasteiger partial charge in [0.1, 0.15) is 33.5 Å². The zero-order valence-electron chi connectivity index (χ0n) is 31.2. The zero-order chi connectivity index (χ0) is 38.2. The number of anilines is 3. The van der Waals surface area contributed by atoms with E-state index in [1.807, 2.05) is 30.3 Å². The molecule has 0 radical (unpaired) electrons. The van der Waals surface area contributed by atoms with Gasteiger partial charge in [-0.1, -0.05) is 133 Å². The summed E-state index contributed by atoms with van der Waals surface area (Å²) in [7, 11) is 0. The van der Waals surface area contributed by atoms with Gasteiger partial charge in [0.25, 0.3) is 0 Å². The van der Waals surface area contributed by atoms with E-state index in [2.05, 4.69) is 175 Å². The van der Waals surface area contributed by atoms with Crippen LogP contribution in [0.5, 0.6) is 0 Å². The molecule has 9 aromatic carbocycles. The van der Waals surface area contributed by atoms with Gasteiger partial charge >= 0.3 is 0 Å². The fraction of sp³-hybridized carbons (Fsp3) is 0. The first-order valence-electron chi connectivity index (χ1n) is 19.6. The van der Waals surface area contributed by atoms with Crippen molar-refractivity contribution in [3.8, 4) is 33.4 Å². The first kappa shape index (κ1) is 32.4. The Labute approximate surface area is 333 Å². The second-order valence-corrected chi connectivity index (χ2v) is 14.8. The molecule has 12 aromatic rings. The molecule has 0 unspecified atom stereocenters. The summed E-state index contributed by atoms with van der Waals surface area (Å²) in [6.07, 6.45) is 0. The van der Waals surface area contributed by atoms with Crippen molar-refractivity contribution in [2.24, 2.45) is 0 Å². The molecule has 0 bridgehead atoms. The van der Waals surface area contributed by atoms with Crippen molar-refractivity contribution in [1.82, 2.24) is 0 Å². The van der Waals surface area contributed by atoms with Crippen LogP contribution in [0.2, 0.25) is 0 Å². The SMILES string of the molecule is c1ccc(-c2ccc3c(c2)oc2c(-c4ccccc4)ccc(N(c4ccc5c(c4)oc4ccccc45)c4cc(-c5ccccc5)cc5oc6ccccc6c45)c23)cc1. The van der Waals surface area contributed by atoms with E-state index >= 15 is 0 Å². The number of fused-ring (bicyclic) bond motifs is 9. The quantitative estimate of drug-likeness (QED) is 0.170. The van der Waals surface area contributed by atoms with Crippen molar-refractivity contribution in [3.63, 3.8) is 0 Å². The first-order valence-corrected chi connectivity index (χ1v) is 19.6. The molecule has 0 fully saturated rings. The van der Waals surface area contributed by atoms with Crippen molar-refractivity contribution in [2.75, 3.05) is 4.90 Å². The number of furan rings is 3. The maximum absolute atomic E-state index is 7.04. The lowest BCUT2D eigenvalue weighted by Gasteiger charge is -2.28. The summed E-state index contributed by atoms with van der Waals surface area (Å²) in [5.74, 6) is 0. The van der Waals surface area contributed by atoms with Gasteiger partial charge in [-0.05, 0) is 88.5 Å². The fourth-order valence-electron chi connectivity index (χ4n) is 8.77. The summed E-state index contributed by atoms with van der Waals surface area (Å²) in [5.41, 5.74) is 14.4. The second kappa shape index (κ2) is 12.9. The highest BCUT2D eigenvalue weighted by Gasteiger charge is 2.27. The van der Waals surface area contributed by atoms with E-state index in [4.69, 9.17) is 13.3 Å². The van der Waals surface area contributed by atoms with Gasteiger partial charge in [0, 0.05) is 38.9 Å². The van der Waals surface area contributed by atoms with Crippen LogP contribution in [0.25, 0.3) is 99.2 Å². The molecule has 0 atom stereocenters. The minimum Gasteiger partial charge on any atom is -0.456 e. The Morgan fingerprint density at radius 2 is 0.845 bits per heavy atom. The number of hydrogen-bond donors (Lipinski definition) is 0. The Balaban J connectivity index is 1.21. The standard InChI is InChI=1S/C54H33NO3/c1-4-14-34(15-5-1)37-24-26-44-49(31-37)58-54-40(36-18-8-3-9-19-36)28-29-45(53(44)54)55(39-25-27-42-41-20-10-12-22-47(41)56-50(42)33-39)46-30-38(35-16-6-2-7-17-35)32-51-52(46)43-21-11-13-23-48(43)57-51/h1-33H. The molecule has 0 aliphatic heterocycles. The topological polar surface area (TPSA) is 42.7 Å². The molecule has 0 amide bonds. The lowest BCUT2D eigenvalue weighted by Crippen LogP contribution is -2.11. The Morgan fingerprint density at radius 3 is 1.60 bits per heavy atom. The summed E-state index contributed by atoms with van der Waals surface area (Å²) >= 11 is 0. The monoisotopic (exact) mass is 743 g/mol. The normalized spacial score (nSPS) is 11.8. The van der Waals surface area contributed by atoms with Crippen LogP contribution in [0, 0.1) is 0 Å². The van der Waals surface area contributed by atoms with Gasteiger partial charge in [-0.2, -0.15) is 0 Å². The molecule has 0 aliphatic carbocycles. The molecule has 0 saturated carbocycles. The van der Waals surface area contributed by atoms with E-state index in [1.54, 1.807) is 0 Å². The van der Waals surface area contributed by atoms with Crippen molar-refractivity contribution < 1.29 is 13.3 Å². The molecule has 3 heterocycles. The fourth-order valence-corrected chi connectivity index (χ4v) is 8.77. The summed E-state index contributed by atoms with van der Waals surface area (Å²) in [4.78, 5) is 2.38. The molecular weight excluding hydrogens is 711 g/mol. The molecule has 4 nitrogen and oxygen atoms in total. The van der Waals surface area contributed by atoms with E-state index in [9.17, 15) is 0 Å². The highest BCUT2D eigenvalue weighted by molar-refractivity contribution is 6.21. The van der Waals surface area contributed by atoms with Crippen molar-refractivity contribution in [1.29, 1.82) is 0 Å². The van der Waals surface area contributed by atoms with E-state index in [-0.39, 0.29) is 0 Å². The van der Waals surface area contributed by atoms with Crippen LogP contribution in [-0.4, -0.2) is 0 Å². The van der Waals surface area contributed by atoms with Crippen LogP contribution < -0.4 is 4.90 Å². The third-order valence-electron chi connectivity index (χ3n) is 11.5. The Kier molecular flexibility index (Phi) is 7.20. The van der Waals surface area contributed by atoms with Gasteiger partial charge < -0.3 is 18.2 Å². The molecular formula is C54H33NO3. The van der Waals surface area contributed by atoms with Gasteiger partial charge in [-0.25, -0.2) is 0 Å². The third kappa shape index (κ3) is 5.09. The largest absolute Gasteiger partial charge is 0.456 e. The third-order valence-corrected chi connectivity index (χ3v) is 11.5. The minimum atomic E-state index is 0.814. The number of nitrogens with zero attached hydrogens (tertiary/aromatic N) is 1. The maximum Gasteiger partial charge on any atom is 0.145 e. The van der Waals surface area contributed by atoms with Crippen LogP contribution in [0.4, 0.5) is 17.1 Å². The Hall–Kier alpha value is -7.82. The van der Waals surface area contributed by atoms with Crippen LogP contribution in [-0.2, 0) is 0 Å². The van der Waals surface area contributed by atoms with Crippen molar-refractivity contribution in [2.45, 2.75) is 0 Å². The highest BCUT2D eigenvalue weighted by Crippen LogP contribution is 2.51. The summed E-state index contributed by atoms with van der Waals surface area (Å²) in [6.45, 7) is 0. The average molecular weight is 744 g/mol. The number of para-hydroxylation sites is 2. The second-order valence-electron chi connectivity index (χ2n) is 14.8.